The standard InChI is InChI=1S/C11H14BrClN2O2S/c1-8-7-14-4-5-15(8)18(16,17)11-6-9(12)2-3-10(11)13/h2-3,6,8,14H,4-5,7H2,1H3. The van der Waals surface area contributed by atoms with Crippen LogP contribution in [0.2, 0.25) is 5.02 Å². The van der Waals surface area contributed by atoms with Gasteiger partial charge in [-0.25, -0.2) is 8.42 Å². The second kappa shape index (κ2) is 5.46. The van der Waals surface area contributed by atoms with Crippen molar-refractivity contribution < 1.29 is 8.42 Å². The Morgan fingerprint density at radius 3 is 2.89 bits per heavy atom. The van der Waals surface area contributed by atoms with E-state index in [-0.39, 0.29) is 16.0 Å². The molecule has 0 bridgehead atoms. The Labute approximate surface area is 120 Å². The van der Waals surface area contributed by atoms with E-state index in [0.29, 0.717) is 24.1 Å². The lowest BCUT2D eigenvalue weighted by Gasteiger charge is -2.33. The molecule has 1 aliphatic rings. The second-order valence-corrected chi connectivity index (χ2v) is 7.43. The first kappa shape index (κ1) is 14.3. The zero-order valence-corrected chi connectivity index (χ0v) is 13.0. The van der Waals surface area contributed by atoms with Gasteiger partial charge >= 0.3 is 0 Å². The van der Waals surface area contributed by atoms with E-state index in [1.165, 1.54) is 4.31 Å². The zero-order chi connectivity index (χ0) is 13.3. The maximum absolute atomic E-state index is 12.6. The van der Waals surface area contributed by atoms with Crippen LogP contribution in [0.5, 0.6) is 0 Å². The lowest BCUT2D eigenvalue weighted by Crippen LogP contribution is -2.52. The number of hydrogen-bond donors (Lipinski definition) is 1. The molecule has 1 aliphatic heterocycles. The molecule has 0 spiro atoms. The summed E-state index contributed by atoms with van der Waals surface area (Å²) in [5.41, 5.74) is 0. The van der Waals surface area contributed by atoms with Gasteiger partial charge in [-0.05, 0) is 25.1 Å². The lowest BCUT2D eigenvalue weighted by molar-refractivity contribution is 0.284. The first-order valence-corrected chi connectivity index (χ1v) is 8.21. The number of benzene rings is 1. The number of nitrogens with zero attached hydrogens (tertiary/aromatic N) is 1. The van der Waals surface area contributed by atoms with Crippen molar-refractivity contribution in [1.29, 1.82) is 0 Å². The molecule has 0 saturated carbocycles. The third-order valence-electron chi connectivity index (χ3n) is 2.92. The van der Waals surface area contributed by atoms with Crippen molar-refractivity contribution in [2.45, 2.75) is 17.9 Å². The van der Waals surface area contributed by atoms with Crippen LogP contribution in [0.25, 0.3) is 0 Å². The van der Waals surface area contributed by atoms with Crippen LogP contribution in [0.15, 0.2) is 27.6 Å². The molecule has 0 amide bonds. The molecule has 1 aromatic carbocycles. The second-order valence-electron chi connectivity index (χ2n) is 4.24. The first-order valence-electron chi connectivity index (χ1n) is 5.60. The maximum atomic E-state index is 12.6. The van der Waals surface area contributed by atoms with Crippen molar-refractivity contribution in [2.75, 3.05) is 19.6 Å². The third-order valence-corrected chi connectivity index (χ3v) is 5.91. The molecule has 0 radical (unpaired) electrons. The summed E-state index contributed by atoms with van der Waals surface area (Å²) in [5, 5.41) is 3.42. The molecule has 2 rings (SSSR count). The Bertz CT molecular complexity index is 550. The van der Waals surface area contributed by atoms with Gasteiger partial charge in [0.15, 0.2) is 0 Å². The van der Waals surface area contributed by atoms with Crippen LogP contribution in [0.1, 0.15) is 6.92 Å². The summed E-state index contributed by atoms with van der Waals surface area (Å²) < 4.78 is 27.3. The van der Waals surface area contributed by atoms with Crippen LogP contribution in [0.3, 0.4) is 0 Å². The van der Waals surface area contributed by atoms with Gasteiger partial charge in [0.05, 0.1) is 5.02 Å². The van der Waals surface area contributed by atoms with Gasteiger partial charge in [-0.15, -0.1) is 0 Å². The molecule has 1 fully saturated rings. The van der Waals surface area contributed by atoms with Gasteiger partial charge in [-0.3, -0.25) is 0 Å². The quantitative estimate of drug-likeness (QED) is 0.885. The van der Waals surface area contributed by atoms with Gasteiger partial charge in [-0.2, -0.15) is 4.31 Å². The number of sulfonamides is 1. The Morgan fingerprint density at radius 2 is 2.22 bits per heavy atom. The van der Waals surface area contributed by atoms with Crippen LogP contribution in [-0.4, -0.2) is 38.4 Å². The van der Waals surface area contributed by atoms with Gasteiger partial charge in [0.2, 0.25) is 10.0 Å². The Hall–Kier alpha value is -0.140. The van der Waals surface area contributed by atoms with Crippen LogP contribution in [-0.2, 0) is 10.0 Å². The highest BCUT2D eigenvalue weighted by Crippen LogP contribution is 2.29. The fourth-order valence-electron chi connectivity index (χ4n) is 1.98. The molecule has 1 atom stereocenters. The Morgan fingerprint density at radius 1 is 1.50 bits per heavy atom. The molecule has 0 aliphatic carbocycles. The van der Waals surface area contributed by atoms with Crippen LogP contribution >= 0.6 is 27.5 Å². The largest absolute Gasteiger partial charge is 0.314 e. The normalized spacial score (nSPS) is 22.1. The number of halogens is 2. The smallest absolute Gasteiger partial charge is 0.244 e. The summed E-state index contributed by atoms with van der Waals surface area (Å²) in [6, 6.07) is 4.79. The highest BCUT2D eigenvalue weighted by molar-refractivity contribution is 9.10. The average molecular weight is 354 g/mol. The summed E-state index contributed by atoms with van der Waals surface area (Å²) in [6.45, 7) is 3.67. The summed E-state index contributed by atoms with van der Waals surface area (Å²) in [7, 11) is -3.53. The first-order chi connectivity index (χ1) is 8.43. The topological polar surface area (TPSA) is 49.4 Å². The van der Waals surface area contributed by atoms with E-state index in [9.17, 15) is 8.42 Å². The third kappa shape index (κ3) is 2.72. The minimum absolute atomic E-state index is 0.0706. The van der Waals surface area contributed by atoms with Gasteiger partial charge in [-0.1, -0.05) is 27.5 Å². The minimum atomic E-state index is -3.53. The molecular formula is C11H14BrClN2O2S. The van der Waals surface area contributed by atoms with Gasteiger partial charge in [0.25, 0.3) is 0 Å². The Kier molecular flexibility index (Phi) is 4.33. The van der Waals surface area contributed by atoms with E-state index in [0.717, 1.165) is 0 Å². The summed E-state index contributed by atoms with van der Waals surface area (Å²) >= 11 is 9.28. The molecule has 4 nitrogen and oxygen atoms in total. The number of rotatable bonds is 2. The number of hydrogen-bond acceptors (Lipinski definition) is 3. The lowest BCUT2D eigenvalue weighted by atomic mass is 10.3. The van der Waals surface area contributed by atoms with Crippen molar-refractivity contribution in [3.8, 4) is 0 Å². The molecular weight excluding hydrogens is 340 g/mol. The summed E-state index contributed by atoms with van der Waals surface area (Å²) in [5.74, 6) is 0. The molecule has 18 heavy (non-hydrogen) atoms. The molecule has 1 saturated heterocycles. The van der Waals surface area contributed by atoms with Crippen LogP contribution < -0.4 is 5.32 Å². The van der Waals surface area contributed by atoms with Gasteiger partial charge in [0.1, 0.15) is 4.90 Å². The molecule has 7 heteroatoms. The van der Waals surface area contributed by atoms with E-state index in [1.807, 2.05) is 6.92 Å². The molecule has 1 heterocycles. The van der Waals surface area contributed by atoms with E-state index in [1.54, 1.807) is 18.2 Å². The van der Waals surface area contributed by atoms with E-state index in [2.05, 4.69) is 21.2 Å². The zero-order valence-electron chi connectivity index (χ0n) is 9.86. The predicted octanol–water partition coefficient (Wildman–Crippen LogP) is 2.08. The number of nitrogens with one attached hydrogen (secondary N) is 1. The van der Waals surface area contributed by atoms with Crippen LogP contribution in [0.4, 0.5) is 0 Å². The van der Waals surface area contributed by atoms with Crippen molar-refractivity contribution in [3.63, 3.8) is 0 Å². The maximum Gasteiger partial charge on any atom is 0.244 e. The predicted molar refractivity (Wildman–Crippen MR) is 75.4 cm³/mol. The average Bonchev–Trinajstić information content (AvgIpc) is 2.32. The highest BCUT2D eigenvalue weighted by atomic mass is 79.9. The van der Waals surface area contributed by atoms with Crippen molar-refractivity contribution in [2.24, 2.45) is 0 Å². The Balaban J connectivity index is 2.44. The molecule has 1 N–H and O–H groups in total. The highest BCUT2D eigenvalue weighted by Gasteiger charge is 2.32. The van der Waals surface area contributed by atoms with Crippen LogP contribution in [0, 0.1) is 0 Å². The SMILES string of the molecule is CC1CNCCN1S(=O)(=O)c1cc(Br)ccc1Cl. The summed E-state index contributed by atoms with van der Waals surface area (Å²) in [6.07, 6.45) is 0. The van der Waals surface area contributed by atoms with E-state index < -0.39 is 10.0 Å². The van der Waals surface area contributed by atoms with Crippen molar-refractivity contribution in [3.05, 3.63) is 27.7 Å². The van der Waals surface area contributed by atoms with Gasteiger partial charge in [0, 0.05) is 30.1 Å². The monoisotopic (exact) mass is 352 g/mol. The van der Waals surface area contributed by atoms with Crippen molar-refractivity contribution in [1.82, 2.24) is 9.62 Å². The fourth-order valence-corrected chi connectivity index (χ4v) is 4.63. The number of piperazine rings is 1. The minimum Gasteiger partial charge on any atom is -0.314 e. The van der Waals surface area contributed by atoms with E-state index in [4.69, 9.17) is 11.6 Å². The molecule has 1 aromatic rings. The molecule has 0 aromatic heterocycles. The van der Waals surface area contributed by atoms with Gasteiger partial charge < -0.3 is 5.32 Å². The fraction of sp³-hybridized carbons (Fsp3) is 0.455. The molecule has 100 valence electrons. The van der Waals surface area contributed by atoms with E-state index >= 15 is 0 Å². The molecule has 1 unspecified atom stereocenters. The van der Waals surface area contributed by atoms with Crippen molar-refractivity contribution >= 4 is 37.6 Å². The summed E-state index contributed by atoms with van der Waals surface area (Å²) in [4.78, 5) is 0.160.